The Labute approximate surface area is 124 Å². The fraction of sp³-hybridized carbons (Fsp3) is 0.188. The maximum Gasteiger partial charge on any atom is 0.319 e. The van der Waals surface area contributed by atoms with Gasteiger partial charge in [-0.25, -0.2) is 4.79 Å². The van der Waals surface area contributed by atoms with Crippen LogP contribution in [0.25, 0.3) is 0 Å². The van der Waals surface area contributed by atoms with Crippen LogP contribution >= 0.6 is 11.6 Å². The first-order valence-electron chi connectivity index (χ1n) is 6.49. The molecule has 0 aliphatic carbocycles. The van der Waals surface area contributed by atoms with Gasteiger partial charge < -0.3 is 10.6 Å². The highest BCUT2D eigenvalue weighted by Gasteiger charge is 2.01. The van der Waals surface area contributed by atoms with Crippen LogP contribution in [0.1, 0.15) is 11.1 Å². The van der Waals surface area contributed by atoms with E-state index in [2.05, 4.69) is 10.6 Å². The molecule has 2 aromatic carbocycles. The lowest BCUT2D eigenvalue weighted by atomic mass is 10.1. The lowest BCUT2D eigenvalue weighted by molar-refractivity contribution is 0.252. The van der Waals surface area contributed by atoms with Gasteiger partial charge in [0.05, 0.1) is 0 Å². The van der Waals surface area contributed by atoms with Crippen LogP contribution in [0.3, 0.4) is 0 Å². The zero-order chi connectivity index (χ0) is 14.4. The minimum atomic E-state index is -0.198. The van der Waals surface area contributed by atoms with Gasteiger partial charge in [-0.1, -0.05) is 41.4 Å². The van der Waals surface area contributed by atoms with E-state index in [1.54, 1.807) is 0 Å². The Morgan fingerprint density at radius 1 is 1.15 bits per heavy atom. The molecule has 0 bridgehead atoms. The standard InChI is InChI=1S/C16H17ClN2O/c1-12-5-7-15(8-6-12)19-16(20)18-10-9-13-3-2-4-14(17)11-13/h2-8,11H,9-10H2,1H3,(H2,18,19,20). The third kappa shape index (κ3) is 4.59. The van der Waals surface area contributed by atoms with Crippen molar-refractivity contribution in [2.24, 2.45) is 0 Å². The zero-order valence-electron chi connectivity index (χ0n) is 11.3. The van der Waals surface area contributed by atoms with Crippen molar-refractivity contribution in [2.45, 2.75) is 13.3 Å². The molecule has 4 heteroatoms. The summed E-state index contributed by atoms with van der Waals surface area (Å²) in [4.78, 5) is 11.7. The van der Waals surface area contributed by atoms with E-state index in [4.69, 9.17) is 11.6 Å². The van der Waals surface area contributed by atoms with E-state index in [-0.39, 0.29) is 6.03 Å². The lowest BCUT2D eigenvalue weighted by Crippen LogP contribution is -2.30. The van der Waals surface area contributed by atoms with Crippen molar-refractivity contribution in [2.75, 3.05) is 11.9 Å². The highest BCUT2D eigenvalue weighted by Crippen LogP contribution is 2.11. The van der Waals surface area contributed by atoms with Gasteiger partial charge in [-0.05, 0) is 43.2 Å². The summed E-state index contributed by atoms with van der Waals surface area (Å²) in [5, 5.41) is 6.33. The summed E-state index contributed by atoms with van der Waals surface area (Å²) in [6.07, 6.45) is 0.752. The number of halogens is 1. The average molecular weight is 289 g/mol. The van der Waals surface area contributed by atoms with Crippen LogP contribution in [0.4, 0.5) is 10.5 Å². The molecule has 0 radical (unpaired) electrons. The molecule has 0 aromatic heterocycles. The highest BCUT2D eigenvalue weighted by atomic mass is 35.5. The number of carbonyl (C=O) groups excluding carboxylic acids is 1. The van der Waals surface area contributed by atoms with E-state index in [9.17, 15) is 4.79 Å². The van der Waals surface area contributed by atoms with E-state index in [1.165, 1.54) is 0 Å². The molecule has 0 saturated carbocycles. The van der Waals surface area contributed by atoms with Crippen LogP contribution in [0.15, 0.2) is 48.5 Å². The first kappa shape index (κ1) is 14.4. The molecule has 2 amide bonds. The topological polar surface area (TPSA) is 41.1 Å². The second kappa shape index (κ2) is 6.96. The van der Waals surface area contributed by atoms with Crippen molar-refractivity contribution >= 4 is 23.3 Å². The Kier molecular flexibility index (Phi) is 5.02. The number of carbonyl (C=O) groups is 1. The normalized spacial score (nSPS) is 10.1. The molecule has 0 aliphatic heterocycles. The first-order chi connectivity index (χ1) is 9.63. The van der Waals surface area contributed by atoms with Crippen molar-refractivity contribution in [3.05, 3.63) is 64.7 Å². The SMILES string of the molecule is Cc1ccc(NC(=O)NCCc2cccc(Cl)c2)cc1. The summed E-state index contributed by atoms with van der Waals surface area (Å²) in [5.74, 6) is 0. The Hall–Kier alpha value is -2.00. The largest absolute Gasteiger partial charge is 0.338 e. The molecule has 0 fully saturated rings. The monoisotopic (exact) mass is 288 g/mol. The van der Waals surface area contributed by atoms with Crippen LogP contribution in [-0.2, 0) is 6.42 Å². The molecule has 104 valence electrons. The summed E-state index contributed by atoms with van der Waals surface area (Å²) in [5.41, 5.74) is 3.06. The quantitative estimate of drug-likeness (QED) is 0.877. The summed E-state index contributed by atoms with van der Waals surface area (Å²) in [7, 11) is 0. The number of hydrogen-bond acceptors (Lipinski definition) is 1. The highest BCUT2D eigenvalue weighted by molar-refractivity contribution is 6.30. The van der Waals surface area contributed by atoms with Crippen molar-refractivity contribution in [3.8, 4) is 0 Å². The second-order valence-electron chi connectivity index (χ2n) is 4.63. The van der Waals surface area contributed by atoms with Gasteiger partial charge >= 0.3 is 6.03 Å². The molecule has 0 saturated heterocycles. The summed E-state index contributed by atoms with van der Waals surface area (Å²) >= 11 is 5.91. The number of anilines is 1. The Morgan fingerprint density at radius 2 is 1.90 bits per heavy atom. The second-order valence-corrected chi connectivity index (χ2v) is 5.06. The number of amides is 2. The molecule has 0 aliphatic rings. The Bertz CT molecular complexity index is 581. The van der Waals surface area contributed by atoms with Gasteiger partial charge in [0.2, 0.25) is 0 Å². The van der Waals surface area contributed by atoms with E-state index < -0.39 is 0 Å². The molecule has 2 N–H and O–H groups in total. The molecular weight excluding hydrogens is 272 g/mol. The van der Waals surface area contributed by atoms with Crippen LogP contribution in [0, 0.1) is 6.92 Å². The third-order valence-electron chi connectivity index (χ3n) is 2.90. The molecular formula is C16H17ClN2O. The van der Waals surface area contributed by atoms with Crippen LogP contribution in [0.2, 0.25) is 5.02 Å². The van der Waals surface area contributed by atoms with Crippen molar-refractivity contribution < 1.29 is 4.79 Å². The van der Waals surface area contributed by atoms with E-state index >= 15 is 0 Å². The molecule has 0 spiro atoms. The van der Waals surface area contributed by atoms with E-state index in [0.29, 0.717) is 11.6 Å². The minimum Gasteiger partial charge on any atom is -0.338 e. The first-order valence-corrected chi connectivity index (χ1v) is 6.87. The number of urea groups is 1. The molecule has 0 unspecified atom stereocenters. The number of benzene rings is 2. The molecule has 0 atom stereocenters. The third-order valence-corrected chi connectivity index (χ3v) is 3.13. The van der Waals surface area contributed by atoms with Crippen molar-refractivity contribution in [1.82, 2.24) is 5.32 Å². The van der Waals surface area contributed by atoms with Crippen LogP contribution in [-0.4, -0.2) is 12.6 Å². The fourth-order valence-electron chi connectivity index (χ4n) is 1.83. The molecule has 0 heterocycles. The van der Waals surface area contributed by atoms with Crippen molar-refractivity contribution in [3.63, 3.8) is 0 Å². The summed E-state index contributed by atoms with van der Waals surface area (Å²) in [6.45, 7) is 2.58. The molecule has 20 heavy (non-hydrogen) atoms. The van der Waals surface area contributed by atoms with Gasteiger partial charge in [-0.3, -0.25) is 0 Å². The van der Waals surface area contributed by atoms with Gasteiger partial charge in [-0.2, -0.15) is 0 Å². The molecule has 2 aromatic rings. The van der Waals surface area contributed by atoms with Crippen LogP contribution < -0.4 is 10.6 Å². The van der Waals surface area contributed by atoms with Gasteiger partial charge in [0.25, 0.3) is 0 Å². The fourth-order valence-corrected chi connectivity index (χ4v) is 2.04. The van der Waals surface area contributed by atoms with Gasteiger partial charge in [-0.15, -0.1) is 0 Å². The smallest absolute Gasteiger partial charge is 0.319 e. The van der Waals surface area contributed by atoms with Crippen LogP contribution in [0.5, 0.6) is 0 Å². The number of aryl methyl sites for hydroxylation is 1. The molecule has 2 rings (SSSR count). The van der Waals surface area contributed by atoms with E-state index in [0.717, 1.165) is 23.2 Å². The maximum absolute atomic E-state index is 11.7. The summed E-state index contributed by atoms with van der Waals surface area (Å²) in [6, 6.07) is 15.1. The van der Waals surface area contributed by atoms with Crippen molar-refractivity contribution in [1.29, 1.82) is 0 Å². The molecule has 3 nitrogen and oxygen atoms in total. The van der Waals surface area contributed by atoms with Gasteiger partial charge in [0.1, 0.15) is 0 Å². The average Bonchev–Trinajstić information content (AvgIpc) is 2.41. The zero-order valence-corrected chi connectivity index (χ0v) is 12.1. The minimum absolute atomic E-state index is 0.198. The van der Waals surface area contributed by atoms with Gasteiger partial charge in [0.15, 0.2) is 0 Å². The number of rotatable bonds is 4. The predicted octanol–water partition coefficient (Wildman–Crippen LogP) is 4.01. The Morgan fingerprint density at radius 3 is 2.60 bits per heavy atom. The number of hydrogen-bond donors (Lipinski definition) is 2. The van der Waals surface area contributed by atoms with Gasteiger partial charge in [0, 0.05) is 17.3 Å². The number of nitrogens with one attached hydrogen (secondary N) is 2. The lowest BCUT2D eigenvalue weighted by Gasteiger charge is -2.08. The Balaban J connectivity index is 1.76. The van der Waals surface area contributed by atoms with E-state index in [1.807, 2.05) is 55.5 Å². The predicted molar refractivity (Wildman–Crippen MR) is 83.4 cm³/mol. The summed E-state index contributed by atoms with van der Waals surface area (Å²) < 4.78 is 0. The maximum atomic E-state index is 11.7.